The largest absolute Gasteiger partial charge is 0.310 e. The van der Waals surface area contributed by atoms with E-state index in [1.165, 1.54) is 0 Å². The molecule has 0 fully saturated rings. The summed E-state index contributed by atoms with van der Waals surface area (Å²) in [7, 11) is 0. The maximum Gasteiger partial charge on any atom is 0.260 e. The normalized spacial score (nSPS) is 10.8. The zero-order chi connectivity index (χ0) is 16.4. The molecule has 2 heterocycles. The highest BCUT2D eigenvalue weighted by atomic mass is 16.1. The molecule has 0 radical (unpaired) electrons. The Morgan fingerprint density at radius 2 is 1.54 bits per heavy atom. The Labute approximate surface area is 139 Å². The molecule has 116 valence electrons. The SMILES string of the molecule is O=c1c2cccnc2c(-c2ccccc2)cn1Cc1ccccc1. The van der Waals surface area contributed by atoms with Crippen molar-refractivity contribution < 1.29 is 0 Å². The van der Waals surface area contributed by atoms with Crippen LogP contribution in [0.15, 0.2) is 90.0 Å². The molecule has 4 rings (SSSR count). The van der Waals surface area contributed by atoms with Gasteiger partial charge in [0.05, 0.1) is 17.4 Å². The van der Waals surface area contributed by atoms with Gasteiger partial charge in [0, 0.05) is 18.0 Å². The van der Waals surface area contributed by atoms with E-state index in [4.69, 9.17) is 0 Å². The molecule has 0 spiro atoms. The Balaban J connectivity index is 1.95. The molecule has 0 aliphatic heterocycles. The fourth-order valence-corrected chi connectivity index (χ4v) is 2.95. The van der Waals surface area contributed by atoms with Crippen molar-refractivity contribution in [1.82, 2.24) is 9.55 Å². The van der Waals surface area contributed by atoms with Crippen LogP contribution in [0.1, 0.15) is 5.56 Å². The average Bonchev–Trinajstić information content (AvgIpc) is 2.66. The van der Waals surface area contributed by atoms with E-state index >= 15 is 0 Å². The minimum Gasteiger partial charge on any atom is -0.310 e. The van der Waals surface area contributed by atoms with Crippen LogP contribution in [-0.2, 0) is 6.54 Å². The molecule has 0 bridgehead atoms. The Morgan fingerprint density at radius 3 is 2.29 bits per heavy atom. The molecule has 3 heteroatoms. The maximum atomic E-state index is 12.8. The van der Waals surface area contributed by atoms with E-state index in [-0.39, 0.29) is 5.56 Å². The average molecular weight is 312 g/mol. The number of nitrogens with zero attached hydrogens (tertiary/aromatic N) is 2. The minimum atomic E-state index is -0.0124. The van der Waals surface area contributed by atoms with Crippen LogP contribution in [0.5, 0.6) is 0 Å². The first-order valence-corrected chi connectivity index (χ1v) is 7.90. The van der Waals surface area contributed by atoms with Gasteiger partial charge in [-0.2, -0.15) is 0 Å². The summed E-state index contributed by atoms with van der Waals surface area (Å²) in [5, 5.41) is 0.648. The Morgan fingerprint density at radius 1 is 0.833 bits per heavy atom. The Kier molecular flexibility index (Phi) is 3.67. The van der Waals surface area contributed by atoms with Gasteiger partial charge in [0.15, 0.2) is 0 Å². The lowest BCUT2D eigenvalue weighted by Gasteiger charge is -2.12. The van der Waals surface area contributed by atoms with Gasteiger partial charge < -0.3 is 4.57 Å². The van der Waals surface area contributed by atoms with E-state index < -0.39 is 0 Å². The zero-order valence-corrected chi connectivity index (χ0v) is 13.1. The third-order valence-electron chi connectivity index (χ3n) is 4.12. The second-order valence-corrected chi connectivity index (χ2v) is 5.73. The molecule has 0 saturated carbocycles. The summed E-state index contributed by atoms with van der Waals surface area (Å²) < 4.78 is 1.77. The lowest BCUT2D eigenvalue weighted by Crippen LogP contribution is -2.21. The summed E-state index contributed by atoms with van der Waals surface area (Å²) in [5.74, 6) is 0. The van der Waals surface area contributed by atoms with Gasteiger partial charge in [-0.15, -0.1) is 0 Å². The van der Waals surface area contributed by atoms with Crippen molar-refractivity contribution >= 4 is 10.9 Å². The van der Waals surface area contributed by atoms with E-state index in [0.29, 0.717) is 11.9 Å². The van der Waals surface area contributed by atoms with Crippen LogP contribution in [0.4, 0.5) is 0 Å². The summed E-state index contributed by atoms with van der Waals surface area (Å²) in [6, 6.07) is 23.7. The highest BCUT2D eigenvalue weighted by Crippen LogP contribution is 2.25. The standard InChI is InChI=1S/C21H16N2O/c24-21-18-12-7-13-22-20(18)19(17-10-5-2-6-11-17)15-23(21)14-16-8-3-1-4-9-16/h1-13,15H,14H2. The second-order valence-electron chi connectivity index (χ2n) is 5.73. The number of fused-ring (bicyclic) bond motifs is 1. The van der Waals surface area contributed by atoms with Crippen LogP contribution in [0.3, 0.4) is 0 Å². The van der Waals surface area contributed by atoms with E-state index in [2.05, 4.69) is 4.98 Å². The number of benzene rings is 2. The number of rotatable bonds is 3. The first-order chi connectivity index (χ1) is 11.8. The summed E-state index contributed by atoms with van der Waals surface area (Å²) in [6.45, 7) is 0.546. The lowest BCUT2D eigenvalue weighted by molar-refractivity contribution is 0.769. The van der Waals surface area contributed by atoms with Crippen molar-refractivity contribution in [2.75, 3.05) is 0 Å². The van der Waals surface area contributed by atoms with Crippen LogP contribution in [-0.4, -0.2) is 9.55 Å². The van der Waals surface area contributed by atoms with Crippen molar-refractivity contribution in [3.8, 4) is 11.1 Å². The summed E-state index contributed by atoms with van der Waals surface area (Å²) >= 11 is 0. The quantitative estimate of drug-likeness (QED) is 0.570. The van der Waals surface area contributed by atoms with Gasteiger partial charge in [0.1, 0.15) is 0 Å². The monoisotopic (exact) mass is 312 g/mol. The molecule has 0 amide bonds. The topological polar surface area (TPSA) is 34.9 Å². The number of hydrogen-bond acceptors (Lipinski definition) is 2. The van der Waals surface area contributed by atoms with Gasteiger partial charge >= 0.3 is 0 Å². The van der Waals surface area contributed by atoms with Crippen LogP contribution < -0.4 is 5.56 Å². The molecule has 0 aliphatic carbocycles. The molecule has 4 aromatic rings. The fraction of sp³-hybridized carbons (Fsp3) is 0.0476. The summed E-state index contributed by atoms with van der Waals surface area (Å²) in [4.78, 5) is 17.3. The molecule has 24 heavy (non-hydrogen) atoms. The fourth-order valence-electron chi connectivity index (χ4n) is 2.95. The third kappa shape index (κ3) is 2.61. The predicted molar refractivity (Wildman–Crippen MR) is 97.0 cm³/mol. The molecule has 0 unspecified atom stereocenters. The molecule has 2 aromatic heterocycles. The molecular weight excluding hydrogens is 296 g/mol. The highest BCUT2D eigenvalue weighted by molar-refractivity contribution is 5.92. The van der Waals surface area contributed by atoms with Crippen molar-refractivity contribution in [1.29, 1.82) is 0 Å². The highest BCUT2D eigenvalue weighted by Gasteiger charge is 2.11. The van der Waals surface area contributed by atoms with Gasteiger partial charge in [0.25, 0.3) is 5.56 Å². The first-order valence-electron chi connectivity index (χ1n) is 7.90. The predicted octanol–water partition coefficient (Wildman–Crippen LogP) is 4.11. The van der Waals surface area contributed by atoms with Crippen molar-refractivity contribution in [3.63, 3.8) is 0 Å². The lowest BCUT2D eigenvalue weighted by atomic mass is 10.0. The van der Waals surface area contributed by atoms with Crippen molar-refractivity contribution in [2.45, 2.75) is 6.54 Å². The van der Waals surface area contributed by atoms with Gasteiger partial charge in [-0.3, -0.25) is 9.78 Å². The molecule has 0 N–H and O–H groups in total. The number of hydrogen-bond donors (Lipinski definition) is 0. The molecule has 0 saturated heterocycles. The van der Waals surface area contributed by atoms with Crippen LogP contribution >= 0.6 is 0 Å². The van der Waals surface area contributed by atoms with E-state index in [9.17, 15) is 4.79 Å². The van der Waals surface area contributed by atoms with E-state index in [1.54, 1.807) is 10.8 Å². The molecular formula is C21H16N2O. The van der Waals surface area contributed by atoms with Crippen molar-refractivity contribution in [2.24, 2.45) is 0 Å². The van der Waals surface area contributed by atoms with Gasteiger partial charge in [-0.25, -0.2) is 0 Å². The van der Waals surface area contributed by atoms with E-state index in [1.807, 2.05) is 79.0 Å². The molecule has 2 aromatic carbocycles. The molecule has 0 atom stereocenters. The summed E-state index contributed by atoms with van der Waals surface area (Å²) in [5.41, 5.74) is 3.87. The maximum absolute atomic E-state index is 12.8. The van der Waals surface area contributed by atoms with Crippen molar-refractivity contribution in [3.05, 3.63) is 101 Å². The zero-order valence-electron chi connectivity index (χ0n) is 13.1. The summed E-state index contributed by atoms with van der Waals surface area (Å²) in [6.07, 6.45) is 3.65. The second kappa shape index (κ2) is 6.13. The van der Waals surface area contributed by atoms with Crippen LogP contribution in [0.2, 0.25) is 0 Å². The van der Waals surface area contributed by atoms with Gasteiger partial charge in [0.2, 0.25) is 0 Å². The molecule has 3 nitrogen and oxygen atoms in total. The number of aromatic nitrogens is 2. The number of pyridine rings is 2. The minimum absolute atomic E-state index is 0.0124. The van der Waals surface area contributed by atoms with E-state index in [0.717, 1.165) is 22.2 Å². The third-order valence-corrected chi connectivity index (χ3v) is 4.12. The smallest absolute Gasteiger partial charge is 0.260 e. The van der Waals surface area contributed by atoms with Gasteiger partial charge in [-0.05, 0) is 23.3 Å². The first kappa shape index (κ1) is 14.4. The van der Waals surface area contributed by atoms with Crippen LogP contribution in [0.25, 0.3) is 22.0 Å². The Bertz CT molecular complexity index is 1040. The van der Waals surface area contributed by atoms with Crippen LogP contribution in [0, 0.1) is 0 Å². The molecule has 0 aliphatic rings. The van der Waals surface area contributed by atoms with Gasteiger partial charge in [-0.1, -0.05) is 60.7 Å². The Hall–Kier alpha value is -3.20.